The van der Waals surface area contributed by atoms with Crippen LogP contribution in [0.15, 0.2) is 0 Å². The van der Waals surface area contributed by atoms with Crippen LogP contribution in [0.5, 0.6) is 0 Å². The van der Waals surface area contributed by atoms with Gasteiger partial charge in [0.15, 0.2) is 0 Å². The molecule has 0 atom stereocenters. The van der Waals surface area contributed by atoms with Gasteiger partial charge in [-0.1, -0.05) is 0 Å². The molecule has 40 valence electrons. The molecule has 0 saturated heterocycles. The van der Waals surface area contributed by atoms with Gasteiger partial charge in [-0.2, -0.15) is 0 Å². The summed E-state index contributed by atoms with van der Waals surface area (Å²) >= 11 is 0. The summed E-state index contributed by atoms with van der Waals surface area (Å²) in [4.78, 5) is 0. The van der Waals surface area contributed by atoms with Crippen LogP contribution < -0.4 is 11.6 Å². The van der Waals surface area contributed by atoms with Crippen molar-refractivity contribution in [2.75, 3.05) is 13.2 Å². The first kappa shape index (κ1) is 9.28. The fourth-order valence-electron chi connectivity index (χ4n) is 0. The molecule has 0 aromatic rings. The molecule has 4 heteroatoms. The summed E-state index contributed by atoms with van der Waals surface area (Å²) in [6.45, 7) is 0.472. The van der Waals surface area contributed by atoms with Crippen molar-refractivity contribution in [1.29, 1.82) is 0 Å². The van der Waals surface area contributed by atoms with E-state index < -0.39 is 0 Å². The zero-order valence-corrected chi connectivity index (χ0v) is 3.46. The molecule has 0 aliphatic heterocycles. The van der Waals surface area contributed by atoms with Gasteiger partial charge in [-0.25, -0.2) is 5.90 Å². The number of aliphatic hydroxyl groups is 1. The Hall–Kier alpha value is -0.160. The van der Waals surface area contributed by atoms with Gasteiger partial charge in [-0.3, -0.25) is 0 Å². The van der Waals surface area contributed by atoms with E-state index in [9.17, 15) is 0 Å². The minimum absolute atomic E-state index is 0.0972. The van der Waals surface area contributed by atoms with E-state index in [1.54, 1.807) is 0 Å². The van der Waals surface area contributed by atoms with Crippen molar-refractivity contribution in [2.24, 2.45) is 11.6 Å². The summed E-state index contributed by atoms with van der Waals surface area (Å²) in [5.41, 5.74) is 4.78. The summed E-state index contributed by atoms with van der Waals surface area (Å²) in [5, 5.41) is 14.2. The number of aliphatic hydroxyl groups excluding tert-OH is 1. The second kappa shape index (κ2) is 21.1. The van der Waals surface area contributed by atoms with Gasteiger partial charge in [0.1, 0.15) is 0 Å². The Bertz CT molecular complexity index is 11.5. The molecule has 0 rings (SSSR count). The minimum Gasteiger partial charge on any atom is -0.395 e. The van der Waals surface area contributed by atoms with E-state index in [0.29, 0.717) is 6.54 Å². The average Bonchev–Trinajstić information content (AvgIpc) is 1.72. The normalized spacial score (nSPS) is 6.00. The van der Waals surface area contributed by atoms with Crippen molar-refractivity contribution in [3.8, 4) is 0 Å². The highest BCUT2D eigenvalue weighted by atomic mass is 16.4. The second-order valence-corrected chi connectivity index (χ2v) is 0.512. The zero-order chi connectivity index (χ0) is 5.41. The Kier molecular flexibility index (Phi) is 32.6. The van der Waals surface area contributed by atoms with Crippen LogP contribution in [-0.4, -0.2) is 23.5 Å². The molecular formula is C2H10N2O2. The number of nitrogens with two attached hydrogens (primary N) is 2. The van der Waals surface area contributed by atoms with Crippen molar-refractivity contribution in [3.63, 3.8) is 0 Å². The standard InChI is InChI=1S/C2H7NO.H3NO/c3-1-2-4;1-2/h4H,1-3H2;2H,1H2. The third-order valence-corrected chi connectivity index (χ3v) is 0.129. The smallest absolute Gasteiger partial charge is 0.0553 e. The third kappa shape index (κ3) is 43.9. The highest BCUT2D eigenvalue weighted by Crippen LogP contribution is 1.33. The van der Waals surface area contributed by atoms with Crippen LogP contribution in [0.25, 0.3) is 0 Å². The molecule has 0 aliphatic carbocycles. The first-order chi connectivity index (χ1) is 2.91. The zero-order valence-electron chi connectivity index (χ0n) is 3.46. The van der Waals surface area contributed by atoms with E-state index in [-0.39, 0.29) is 6.61 Å². The van der Waals surface area contributed by atoms with Crippen LogP contribution in [0, 0.1) is 0 Å². The van der Waals surface area contributed by atoms with E-state index in [4.69, 9.17) is 16.0 Å². The van der Waals surface area contributed by atoms with Crippen LogP contribution in [0.2, 0.25) is 0 Å². The molecule has 0 amide bonds. The molecule has 0 fully saturated rings. The second-order valence-electron chi connectivity index (χ2n) is 0.512. The van der Waals surface area contributed by atoms with Gasteiger partial charge < -0.3 is 16.0 Å². The van der Waals surface area contributed by atoms with Crippen LogP contribution in [-0.2, 0) is 0 Å². The maximum absolute atomic E-state index is 7.75. The molecule has 0 heterocycles. The van der Waals surface area contributed by atoms with Gasteiger partial charge in [0, 0.05) is 6.54 Å². The van der Waals surface area contributed by atoms with Crippen molar-refractivity contribution in [2.45, 2.75) is 0 Å². The number of hydrogen-bond acceptors (Lipinski definition) is 4. The Balaban J connectivity index is 0. The molecular weight excluding hydrogens is 84.0 g/mol. The van der Waals surface area contributed by atoms with Crippen LogP contribution in [0.1, 0.15) is 0 Å². The first-order valence-electron chi connectivity index (χ1n) is 1.48. The lowest BCUT2D eigenvalue weighted by Crippen LogP contribution is -2.02. The Morgan fingerprint density at radius 2 is 1.50 bits per heavy atom. The van der Waals surface area contributed by atoms with Crippen molar-refractivity contribution >= 4 is 0 Å². The van der Waals surface area contributed by atoms with Crippen molar-refractivity contribution in [3.05, 3.63) is 0 Å². The molecule has 6 N–H and O–H groups in total. The van der Waals surface area contributed by atoms with Gasteiger partial charge in [0.05, 0.1) is 6.61 Å². The van der Waals surface area contributed by atoms with Gasteiger partial charge in [-0.15, -0.1) is 0 Å². The molecule has 0 bridgehead atoms. The molecule has 0 aliphatic rings. The van der Waals surface area contributed by atoms with E-state index in [2.05, 4.69) is 5.90 Å². The lowest BCUT2D eigenvalue weighted by Gasteiger charge is -1.71. The van der Waals surface area contributed by atoms with Crippen molar-refractivity contribution in [1.82, 2.24) is 0 Å². The van der Waals surface area contributed by atoms with E-state index in [1.165, 1.54) is 0 Å². The van der Waals surface area contributed by atoms with Gasteiger partial charge in [0.2, 0.25) is 0 Å². The van der Waals surface area contributed by atoms with Gasteiger partial charge in [0.25, 0.3) is 0 Å². The van der Waals surface area contributed by atoms with E-state index in [0.717, 1.165) is 0 Å². The van der Waals surface area contributed by atoms with Gasteiger partial charge in [-0.05, 0) is 0 Å². The maximum Gasteiger partial charge on any atom is 0.0553 e. The Morgan fingerprint density at radius 3 is 1.50 bits per heavy atom. The van der Waals surface area contributed by atoms with Gasteiger partial charge >= 0.3 is 0 Å². The quantitative estimate of drug-likeness (QED) is 0.290. The molecule has 0 aromatic carbocycles. The molecule has 0 spiro atoms. The maximum atomic E-state index is 7.75. The Labute approximate surface area is 36.3 Å². The van der Waals surface area contributed by atoms with E-state index in [1.807, 2.05) is 0 Å². The summed E-state index contributed by atoms with van der Waals surface area (Å²) < 4.78 is 0. The predicted molar refractivity (Wildman–Crippen MR) is 22.1 cm³/mol. The summed E-state index contributed by atoms with van der Waals surface area (Å²) in [6.07, 6.45) is 0. The summed E-state index contributed by atoms with van der Waals surface area (Å²) in [5.74, 6) is 3.50. The molecule has 4 nitrogen and oxygen atoms in total. The first-order valence-corrected chi connectivity index (χ1v) is 1.48. The topological polar surface area (TPSA) is 92.5 Å². The summed E-state index contributed by atoms with van der Waals surface area (Å²) in [7, 11) is 0. The molecule has 0 radical (unpaired) electrons. The minimum atomic E-state index is 0.0972. The number of hydrogen-bond donors (Lipinski definition) is 4. The van der Waals surface area contributed by atoms with Crippen LogP contribution in [0.4, 0.5) is 0 Å². The van der Waals surface area contributed by atoms with Crippen LogP contribution >= 0.6 is 0 Å². The lowest BCUT2D eigenvalue weighted by atomic mass is 10.8. The van der Waals surface area contributed by atoms with E-state index >= 15 is 0 Å². The van der Waals surface area contributed by atoms with Crippen molar-refractivity contribution < 1.29 is 10.3 Å². The van der Waals surface area contributed by atoms with Crippen LogP contribution in [0.3, 0.4) is 0 Å². The summed E-state index contributed by atoms with van der Waals surface area (Å²) in [6, 6.07) is 0. The largest absolute Gasteiger partial charge is 0.395 e. The third-order valence-electron chi connectivity index (χ3n) is 0.129. The fraction of sp³-hybridized carbons (Fsp3) is 1.00. The molecule has 0 unspecified atom stereocenters. The number of rotatable bonds is 1. The lowest BCUT2D eigenvalue weighted by molar-refractivity contribution is 0.306. The molecule has 0 aromatic heterocycles. The Morgan fingerprint density at radius 1 is 1.33 bits per heavy atom. The fourth-order valence-corrected chi connectivity index (χ4v) is 0. The average molecular weight is 94.1 g/mol. The SMILES string of the molecule is NCCO.NO. The highest BCUT2D eigenvalue weighted by Gasteiger charge is 1.56. The molecule has 6 heavy (non-hydrogen) atoms. The monoisotopic (exact) mass is 94.1 g/mol. The predicted octanol–water partition coefficient (Wildman–Crippen LogP) is -1.73. The highest BCUT2D eigenvalue weighted by molar-refractivity contribution is 4.17. The molecule has 0 saturated carbocycles.